The van der Waals surface area contributed by atoms with Gasteiger partial charge in [0.05, 0.1) is 5.56 Å². The minimum absolute atomic E-state index is 0.306. The highest BCUT2D eigenvalue weighted by molar-refractivity contribution is 7.99. The summed E-state index contributed by atoms with van der Waals surface area (Å²) < 4.78 is 0. The second-order valence-electron chi connectivity index (χ2n) is 5.10. The molecule has 108 valence electrons. The highest BCUT2D eigenvalue weighted by atomic mass is 32.2. The minimum Gasteiger partial charge on any atom is -0.478 e. The van der Waals surface area contributed by atoms with Crippen LogP contribution in [-0.4, -0.2) is 21.0 Å². The average molecular weight is 300 g/mol. The Bertz CT molecular complexity index is 656. The maximum Gasteiger partial charge on any atom is 0.335 e. The molecule has 5 heteroatoms. The summed E-state index contributed by atoms with van der Waals surface area (Å²) in [5, 5.41) is 9.93. The van der Waals surface area contributed by atoms with Gasteiger partial charge in [0.1, 0.15) is 11.4 Å². The molecule has 0 fully saturated rings. The Morgan fingerprint density at radius 2 is 1.81 bits per heavy atom. The number of rotatable bonds is 3. The predicted molar refractivity (Wildman–Crippen MR) is 80.8 cm³/mol. The topological polar surface area (TPSA) is 63.1 Å². The first kappa shape index (κ1) is 14.1. The molecule has 0 bridgehead atoms. The Labute approximate surface area is 127 Å². The van der Waals surface area contributed by atoms with E-state index < -0.39 is 5.97 Å². The van der Waals surface area contributed by atoms with Gasteiger partial charge in [-0.2, -0.15) is 0 Å². The number of nitrogens with zero attached hydrogens (tertiary/aromatic N) is 2. The number of carbonyl (C=O) groups is 1. The molecule has 0 radical (unpaired) electrons. The van der Waals surface area contributed by atoms with E-state index in [0.717, 1.165) is 22.8 Å². The third-order valence-electron chi connectivity index (χ3n) is 3.65. The summed E-state index contributed by atoms with van der Waals surface area (Å²) in [7, 11) is 0. The van der Waals surface area contributed by atoms with Crippen molar-refractivity contribution in [1.29, 1.82) is 0 Å². The van der Waals surface area contributed by atoms with E-state index in [2.05, 4.69) is 9.97 Å². The molecule has 0 saturated heterocycles. The SMILES string of the molecule is O=C(O)c1ccc(Sc2ncnc3c2CCCCC3)cc1. The zero-order chi connectivity index (χ0) is 14.7. The van der Waals surface area contributed by atoms with Gasteiger partial charge < -0.3 is 5.11 Å². The van der Waals surface area contributed by atoms with E-state index in [0.29, 0.717) is 5.56 Å². The molecule has 1 heterocycles. The molecular formula is C16H16N2O2S. The summed E-state index contributed by atoms with van der Waals surface area (Å²) in [6.07, 6.45) is 7.33. The Hall–Kier alpha value is -1.88. The van der Waals surface area contributed by atoms with Crippen LogP contribution in [0.5, 0.6) is 0 Å². The lowest BCUT2D eigenvalue weighted by atomic mass is 10.1. The molecule has 4 nitrogen and oxygen atoms in total. The molecular weight excluding hydrogens is 284 g/mol. The fraction of sp³-hybridized carbons (Fsp3) is 0.312. The molecule has 1 aromatic heterocycles. The van der Waals surface area contributed by atoms with E-state index in [-0.39, 0.29) is 0 Å². The summed E-state index contributed by atoms with van der Waals surface area (Å²) in [5.74, 6) is -0.901. The average Bonchev–Trinajstić information content (AvgIpc) is 2.74. The van der Waals surface area contributed by atoms with E-state index in [1.165, 1.54) is 30.5 Å². The second-order valence-corrected chi connectivity index (χ2v) is 6.16. The van der Waals surface area contributed by atoms with Gasteiger partial charge in [-0.1, -0.05) is 18.2 Å². The highest BCUT2D eigenvalue weighted by Gasteiger charge is 2.15. The summed E-state index contributed by atoms with van der Waals surface area (Å²) in [6, 6.07) is 6.92. The molecule has 21 heavy (non-hydrogen) atoms. The monoisotopic (exact) mass is 300 g/mol. The Balaban J connectivity index is 1.86. The number of hydrogen-bond donors (Lipinski definition) is 1. The first-order valence-corrected chi connectivity index (χ1v) is 7.89. The summed E-state index contributed by atoms with van der Waals surface area (Å²) in [4.78, 5) is 20.7. The van der Waals surface area contributed by atoms with Crippen molar-refractivity contribution < 1.29 is 9.90 Å². The minimum atomic E-state index is -0.901. The number of aromatic carboxylic acids is 1. The standard InChI is InChI=1S/C16H16N2O2S/c19-16(20)11-6-8-12(9-7-11)21-15-13-4-2-1-3-5-14(13)17-10-18-15/h6-10H,1-5H2,(H,19,20). The number of carboxylic acid groups (broad SMARTS) is 1. The smallest absolute Gasteiger partial charge is 0.335 e. The van der Waals surface area contributed by atoms with Gasteiger partial charge in [-0.05, 0) is 49.9 Å². The van der Waals surface area contributed by atoms with Crippen molar-refractivity contribution in [2.45, 2.75) is 42.0 Å². The van der Waals surface area contributed by atoms with E-state index in [1.807, 2.05) is 12.1 Å². The van der Waals surface area contributed by atoms with Crippen LogP contribution >= 0.6 is 11.8 Å². The van der Waals surface area contributed by atoms with Gasteiger partial charge in [0.15, 0.2) is 0 Å². The third-order valence-corrected chi connectivity index (χ3v) is 4.70. The molecule has 0 amide bonds. The van der Waals surface area contributed by atoms with Gasteiger partial charge >= 0.3 is 5.97 Å². The van der Waals surface area contributed by atoms with Crippen LogP contribution in [0.2, 0.25) is 0 Å². The summed E-state index contributed by atoms with van der Waals surface area (Å²) in [5.41, 5.74) is 2.75. The zero-order valence-corrected chi connectivity index (χ0v) is 12.4. The molecule has 1 aromatic carbocycles. The fourth-order valence-electron chi connectivity index (χ4n) is 2.53. The second kappa shape index (κ2) is 6.26. The van der Waals surface area contributed by atoms with Gasteiger partial charge in [0.2, 0.25) is 0 Å². The van der Waals surface area contributed by atoms with Crippen molar-refractivity contribution in [3.8, 4) is 0 Å². The maximum absolute atomic E-state index is 10.9. The highest BCUT2D eigenvalue weighted by Crippen LogP contribution is 2.32. The van der Waals surface area contributed by atoms with Gasteiger partial charge in [-0.3, -0.25) is 0 Å². The zero-order valence-electron chi connectivity index (χ0n) is 11.6. The van der Waals surface area contributed by atoms with Gasteiger partial charge in [-0.25, -0.2) is 14.8 Å². The third kappa shape index (κ3) is 3.24. The molecule has 1 aliphatic carbocycles. The molecule has 0 spiro atoms. The lowest BCUT2D eigenvalue weighted by molar-refractivity contribution is 0.0697. The quantitative estimate of drug-likeness (QED) is 0.693. The maximum atomic E-state index is 10.9. The van der Waals surface area contributed by atoms with Crippen LogP contribution in [0.1, 0.15) is 40.9 Å². The van der Waals surface area contributed by atoms with Crippen LogP contribution in [0.25, 0.3) is 0 Å². The summed E-state index contributed by atoms with van der Waals surface area (Å²) >= 11 is 1.59. The first-order chi connectivity index (χ1) is 10.2. The number of hydrogen-bond acceptors (Lipinski definition) is 4. The lowest BCUT2D eigenvalue weighted by Crippen LogP contribution is -2.00. The number of benzene rings is 1. The van der Waals surface area contributed by atoms with E-state index in [9.17, 15) is 4.79 Å². The van der Waals surface area contributed by atoms with Gasteiger partial charge in [0, 0.05) is 16.2 Å². The Morgan fingerprint density at radius 1 is 1.05 bits per heavy atom. The van der Waals surface area contributed by atoms with Crippen LogP contribution < -0.4 is 0 Å². The van der Waals surface area contributed by atoms with Crippen molar-refractivity contribution in [2.75, 3.05) is 0 Å². The molecule has 0 saturated carbocycles. The van der Waals surface area contributed by atoms with Crippen LogP contribution in [0.15, 0.2) is 40.5 Å². The van der Waals surface area contributed by atoms with Crippen molar-refractivity contribution in [1.82, 2.24) is 9.97 Å². The molecule has 1 aliphatic rings. The van der Waals surface area contributed by atoms with Crippen LogP contribution in [0.4, 0.5) is 0 Å². The predicted octanol–water partition coefficient (Wildman–Crippen LogP) is 3.59. The van der Waals surface area contributed by atoms with Crippen molar-refractivity contribution >= 4 is 17.7 Å². The van der Waals surface area contributed by atoms with Crippen LogP contribution in [-0.2, 0) is 12.8 Å². The number of aromatic nitrogens is 2. The van der Waals surface area contributed by atoms with Gasteiger partial charge in [-0.15, -0.1) is 0 Å². The van der Waals surface area contributed by atoms with Crippen molar-refractivity contribution in [3.63, 3.8) is 0 Å². The normalized spacial score (nSPS) is 14.3. The lowest BCUT2D eigenvalue weighted by Gasteiger charge is -2.09. The Kier molecular flexibility index (Phi) is 4.20. The number of fused-ring (bicyclic) bond motifs is 1. The first-order valence-electron chi connectivity index (χ1n) is 7.08. The number of aryl methyl sites for hydroxylation is 1. The molecule has 3 rings (SSSR count). The molecule has 2 aromatic rings. The van der Waals surface area contributed by atoms with Crippen molar-refractivity contribution in [3.05, 3.63) is 47.4 Å². The van der Waals surface area contributed by atoms with Crippen molar-refractivity contribution in [2.24, 2.45) is 0 Å². The molecule has 0 unspecified atom stereocenters. The molecule has 1 N–H and O–H groups in total. The van der Waals surface area contributed by atoms with Crippen LogP contribution in [0.3, 0.4) is 0 Å². The van der Waals surface area contributed by atoms with Crippen LogP contribution in [0, 0.1) is 0 Å². The molecule has 0 atom stereocenters. The van der Waals surface area contributed by atoms with Gasteiger partial charge in [0.25, 0.3) is 0 Å². The van der Waals surface area contributed by atoms with E-state index >= 15 is 0 Å². The molecule has 0 aliphatic heterocycles. The Morgan fingerprint density at radius 3 is 2.57 bits per heavy atom. The van der Waals surface area contributed by atoms with E-state index in [1.54, 1.807) is 30.2 Å². The van der Waals surface area contributed by atoms with E-state index in [4.69, 9.17) is 5.11 Å². The largest absolute Gasteiger partial charge is 0.478 e. The summed E-state index contributed by atoms with van der Waals surface area (Å²) in [6.45, 7) is 0. The number of carboxylic acids is 1. The fourth-order valence-corrected chi connectivity index (χ4v) is 3.47.